The number of amides is 1. The first-order valence-corrected chi connectivity index (χ1v) is 12.7. The molecule has 0 radical (unpaired) electrons. The molecule has 1 atom stereocenters. The molecular weight excluding hydrogens is 456 g/mol. The molecule has 1 N–H and O–H groups in total. The summed E-state index contributed by atoms with van der Waals surface area (Å²) in [5, 5.41) is 2.70. The fourth-order valence-electron chi connectivity index (χ4n) is 4.28. The number of ether oxygens (including phenoxy) is 2. The van der Waals surface area contributed by atoms with Crippen LogP contribution in [0.25, 0.3) is 0 Å². The van der Waals surface area contributed by atoms with Crippen LogP contribution in [0.4, 0.5) is 5.69 Å². The zero-order valence-electron chi connectivity index (χ0n) is 20.3. The number of methoxy groups -OCH3 is 1. The van der Waals surface area contributed by atoms with Crippen molar-refractivity contribution in [2.45, 2.75) is 51.5 Å². The van der Waals surface area contributed by atoms with Crippen LogP contribution in [0.15, 0.2) is 41.3 Å². The average Bonchev–Trinajstić information content (AvgIpc) is 2.78. The van der Waals surface area contributed by atoms with Crippen LogP contribution in [0.1, 0.15) is 36.5 Å². The molecule has 8 nitrogen and oxygen atoms in total. The van der Waals surface area contributed by atoms with Crippen molar-refractivity contribution in [3.63, 3.8) is 0 Å². The van der Waals surface area contributed by atoms with Crippen molar-refractivity contribution in [1.29, 1.82) is 0 Å². The third-order valence-corrected chi connectivity index (χ3v) is 8.21. The summed E-state index contributed by atoms with van der Waals surface area (Å²) in [5.41, 5.74) is 3.01. The molecule has 0 bridgehead atoms. The number of anilines is 1. The highest BCUT2D eigenvalue weighted by Gasteiger charge is 2.35. The normalized spacial score (nSPS) is 16.0. The minimum atomic E-state index is -3.66. The second-order valence-corrected chi connectivity index (χ2v) is 10.6. The number of piperidine rings is 1. The monoisotopic (exact) mass is 488 g/mol. The zero-order valence-corrected chi connectivity index (χ0v) is 21.1. The van der Waals surface area contributed by atoms with Crippen LogP contribution in [0.2, 0.25) is 0 Å². The van der Waals surface area contributed by atoms with E-state index in [9.17, 15) is 18.0 Å². The van der Waals surface area contributed by atoms with Gasteiger partial charge in [0.15, 0.2) is 6.10 Å². The van der Waals surface area contributed by atoms with Crippen LogP contribution in [0.3, 0.4) is 0 Å². The summed E-state index contributed by atoms with van der Waals surface area (Å²) in [6.07, 6.45) is -0.293. The molecule has 0 aliphatic carbocycles. The van der Waals surface area contributed by atoms with Gasteiger partial charge in [-0.25, -0.2) is 8.42 Å². The summed E-state index contributed by atoms with van der Waals surface area (Å²) < 4.78 is 38.4. The van der Waals surface area contributed by atoms with Gasteiger partial charge >= 0.3 is 5.97 Å². The van der Waals surface area contributed by atoms with Gasteiger partial charge in [-0.3, -0.25) is 9.59 Å². The van der Waals surface area contributed by atoms with Crippen LogP contribution < -0.4 is 10.1 Å². The van der Waals surface area contributed by atoms with E-state index in [0.29, 0.717) is 29.2 Å². The van der Waals surface area contributed by atoms with Gasteiger partial charge in [-0.1, -0.05) is 17.7 Å². The van der Waals surface area contributed by atoms with E-state index in [1.165, 1.54) is 11.2 Å². The Kier molecular flexibility index (Phi) is 7.99. The maximum absolute atomic E-state index is 13.2. The zero-order chi connectivity index (χ0) is 25.0. The van der Waals surface area contributed by atoms with E-state index in [0.717, 1.165) is 16.7 Å². The summed E-state index contributed by atoms with van der Waals surface area (Å²) >= 11 is 0. The number of esters is 1. The van der Waals surface area contributed by atoms with Gasteiger partial charge in [0.25, 0.3) is 5.91 Å². The molecule has 1 heterocycles. The molecule has 0 spiro atoms. The Labute approximate surface area is 201 Å². The fourth-order valence-corrected chi connectivity index (χ4v) is 6.16. The van der Waals surface area contributed by atoms with E-state index in [1.807, 2.05) is 19.1 Å². The lowest BCUT2D eigenvalue weighted by Gasteiger charge is -2.31. The highest BCUT2D eigenvalue weighted by molar-refractivity contribution is 7.89. The lowest BCUT2D eigenvalue weighted by molar-refractivity contribution is -0.158. The summed E-state index contributed by atoms with van der Waals surface area (Å²) in [6.45, 7) is 7.50. The van der Waals surface area contributed by atoms with Crippen LogP contribution >= 0.6 is 0 Å². The maximum Gasteiger partial charge on any atom is 0.309 e. The predicted molar refractivity (Wildman–Crippen MR) is 129 cm³/mol. The van der Waals surface area contributed by atoms with Crippen molar-refractivity contribution in [2.24, 2.45) is 5.92 Å². The molecule has 1 unspecified atom stereocenters. The third-order valence-electron chi connectivity index (χ3n) is 6.01. The molecule has 1 fully saturated rings. The molecule has 1 saturated heterocycles. The van der Waals surface area contributed by atoms with Gasteiger partial charge in [-0.15, -0.1) is 0 Å². The number of carbonyl (C=O) groups is 2. The molecule has 1 aliphatic rings. The van der Waals surface area contributed by atoms with E-state index < -0.39 is 33.9 Å². The molecule has 184 valence electrons. The molecular formula is C25H32N2O6S. The Morgan fingerprint density at radius 3 is 2.12 bits per heavy atom. The minimum Gasteiger partial charge on any atom is -0.497 e. The first-order valence-electron chi connectivity index (χ1n) is 11.3. The Morgan fingerprint density at radius 2 is 1.59 bits per heavy atom. The van der Waals surface area contributed by atoms with E-state index in [1.54, 1.807) is 45.2 Å². The standard InChI is InChI=1S/C25H32N2O6S/c1-16-14-17(2)23(18(3)15-16)34(30,31)27-12-10-20(11-13-27)25(29)33-19(4)24(28)26-21-6-8-22(32-5)9-7-21/h6-9,14-15,19-20H,10-13H2,1-5H3,(H,26,28). The number of benzene rings is 2. The number of sulfonamides is 1. The van der Waals surface area contributed by atoms with Crippen molar-refractivity contribution in [2.75, 3.05) is 25.5 Å². The summed E-state index contributed by atoms with van der Waals surface area (Å²) in [7, 11) is -2.10. The topological polar surface area (TPSA) is 102 Å². The van der Waals surface area contributed by atoms with Gasteiger partial charge < -0.3 is 14.8 Å². The average molecular weight is 489 g/mol. The van der Waals surface area contributed by atoms with Crippen LogP contribution in [-0.2, 0) is 24.3 Å². The lowest BCUT2D eigenvalue weighted by Crippen LogP contribution is -2.42. The van der Waals surface area contributed by atoms with Crippen molar-refractivity contribution in [3.05, 3.63) is 53.1 Å². The summed E-state index contributed by atoms with van der Waals surface area (Å²) in [5.74, 6) is -0.720. The third kappa shape index (κ3) is 5.77. The SMILES string of the molecule is COc1ccc(NC(=O)C(C)OC(=O)C2CCN(S(=O)(=O)c3c(C)cc(C)cc3C)CC2)cc1. The molecule has 2 aromatic carbocycles. The number of aryl methyl sites for hydroxylation is 3. The van der Waals surface area contributed by atoms with Gasteiger partial charge in [0.2, 0.25) is 10.0 Å². The van der Waals surface area contributed by atoms with Crippen molar-refractivity contribution < 1.29 is 27.5 Å². The van der Waals surface area contributed by atoms with Crippen LogP contribution in [0.5, 0.6) is 5.75 Å². The van der Waals surface area contributed by atoms with E-state index in [2.05, 4.69) is 5.32 Å². The largest absolute Gasteiger partial charge is 0.497 e. The summed E-state index contributed by atoms with van der Waals surface area (Å²) in [6, 6.07) is 10.5. The van der Waals surface area contributed by atoms with Crippen molar-refractivity contribution in [3.8, 4) is 5.75 Å². The fraction of sp³-hybridized carbons (Fsp3) is 0.440. The molecule has 3 rings (SSSR count). The molecule has 1 amide bonds. The number of rotatable bonds is 7. The molecule has 9 heteroatoms. The van der Waals surface area contributed by atoms with Gasteiger partial charge in [0, 0.05) is 18.8 Å². The Hall–Kier alpha value is -2.91. The Morgan fingerprint density at radius 1 is 1.03 bits per heavy atom. The summed E-state index contributed by atoms with van der Waals surface area (Å²) in [4.78, 5) is 25.4. The second kappa shape index (κ2) is 10.6. The van der Waals surface area contributed by atoms with Gasteiger partial charge in [0.05, 0.1) is 17.9 Å². The van der Waals surface area contributed by atoms with Crippen molar-refractivity contribution >= 4 is 27.6 Å². The lowest BCUT2D eigenvalue weighted by atomic mass is 9.98. The number of carbonyl (C=O) groups excluding carboxylic acids is 2. The van der Waals surface area contributed by atoms with E-state index >= 15 is 0 Å². The molecule has 0 aromatic heterocycles. The maximum atomic E-state index is 13.2. The van der Waals surface area contributed by atoms with Crippen molar-refractivity contribution in [1.82, 2.24) is 4.31 Å². The van der Waals surface area contributed by atoms with Crippen LogP contribution in [-0.4, -0.2) is 50.9 Å². The number of hydrogen-bond acceptors (Lipinski definition) is 6. The Bertz CT molecular complexity index is 1130. The smallest absolute Gasteiger partial charge is 0.309 e. The first kappa shape index (κ1) is 25.7. The Balaban J connectivity index is 1.56. The molecule has 0 saturated carbocycles. The highest BCUT2D eigenvalue weighted by Crippen LogP contribution is 2.29. The second-order valence-electron chi connectivity index (χ2n) is 8.70. The molecule has 2 aromatic rings. The predicted octanol–water partition coefficient (Wildman–Crippen LogP) is 3.59. The number of nitrogens with one attached hydrogen (secondary N) is 1. The minimum absolute atomic E-state index is 0.223. The van der Waals surface area contributed by atoms with Crippen LogP contribution in [0, 0.1) is 26.7 Å². The highest BCUT2D eigenvalue weighted by atomic mass is 32.2. The number of nitrogens with zero attached hydrogens (tertiary/aromatic N) is 1. The van der Waals surface area contributed by atoms with Gasteiger partial charge in [-0.2, -0.15) is 4.31 Å². The number of hydrogen-bond donors (Lipinski definition) is 1. The van der Waals surface area contributed by atoms with Gasteiger partial charge in [0.1, 0.15) is 5.75 Å². The van der Waals surface area contributed by atoms with E-state index in [4.69, 9.17) is 9.47 Å². The first-order chi connectivity index (χ1) is 16.0. The van der Waals surface area contributed by atoms with E-state index in [-0.39, 0.29) is 13.1 Å². The van der Waals surface area contributed by atoms with Gasteiger partial charge in [-0.05, 0) is 75.9 Å². The molecule has 34 heavy (non-hydrogen) atoms. The quantitative estimate of drug-likeness (QED) is 0.598. The molecule has 1 aliphatic heterocycles.